The molecule has 0 radical (unpaired) electrons. The predicted molar refractivity (Wildman–Crippen MR) is 96.5 cm³/mol. The molecule has 2 aliphatic rings. The largest absolute Gasteiger partial charge is 0.353 e. The number of anilines is 1. The molecule has 0 saturated carbocycles. The molecule has 1 atom stereocenters. The number of rotatable bonds is 3. The van der Waals surface area contributed by atoms with Gasteiger partial charge in [0.15, 0.2) is 0 Å². The second kappa shape index (κ2) is 7.68. The molecule has 0 unspecified atom stereocenters. The van der Waals surface area contributed by atoms with Gasteiger partial charge in [-0.1, -0.05) is 11.6 Å². The fourth-order valence-electron chi connectivity index (χ4n) is 3.34. The summed E-state index contributed by atoms with van der Waals surface area (Å²) in [5.74, 6) is 1.15. The van der Waals surface area contributed by atoms with Crippen LogP contribution in [-0.2, 0) is 4.79 Å². The SMILES string of the molecule is CC(C)N1CCN[C@@H](C(=O)N2CCN(c3ccc(Cl)cn3)CC2)C1. The van der Waals surface area contributed by atoms with Crippen LogP contribution in [-0.4, -0.2) is 78.6 Å². The molecule has 6 nitrogen and oxygen atoms in total. The number of halogens is 1. The molecule has 7 heteroatoms. The highest BCUT2D eigenvalue weighted by molar-refractivity contribution is 6.30. The number of nitrogens with zero attached hydrogens (tertiary/aromatic N) is 4. The Morgan fingerprint density at radius 3 is 2.62 bits per heavy atom. The van der Waals surface area contributed by atoms with Crippen LogP contribution >= 0.6 is 11.6 Å². The Hall–Kier alpha value is -1.37. The topological polar surface area (TPSA) is 51.7 Å². The van der Waals surface area contributed by atoms with Crippen molar-refractivity contribution >= 4 is 23.3 Å². The first-order chi connectivity index (χ1) is 11.5. The van der Waals surface area contributed by atoms with Gasteiger partial charge < -0.3 is 15.1 Å². The highest BCUT2D eigenvalue weighted by Gasteiger charge is 2.31. The molecule has 24 heavy (non-hydrogen) atoms. The summed E-state index contributed by atoms with van der Waals surface area (Å²) in [4.78, 5) is 23.7. The number of pyridine rings is 1. The van der Waals surface area contributed by atoms with Gasteiger partial charge in [-0.2, -0.15) is 0 Å². The Morgan fingerprint density at radius 2 is 2.00 bits per heavy atom. The Morgan fingerprint density at radius 1 is 1.25 bits per heavy atom. The third-order valence-electron chi connectivity index (χ3n) is 4.86. The monoisotopic (exact) mass is 351 g/mol. The molecule has 0 bridgehead atoms. The van der Waals surface area contributed by atoms with Crippen LogP contribution in [0.3, 0.4) is 0 Å². The van der Waals surface area contributed by atoms with E-state index in [1.807, 2.05) is 17.0 Å². The average Bonchev–Trinajstić information content (AvgIpc) is 2.62. The van der Waals surface area contributed by atoms with E-state index < -0.39 is 0 Å². The predicted octanol–water partition coefficient (Wildman–Crippen LogP) is 1.07. The molecule has 2 saturated heterocycles. The molecule has 3 heterocycles. The van der Waals surface area contributed by atoms with Crippen molar-refractivity contribution in [1.82, 2.24) is 20.1 Å². The van der Waals surface area contributed by atoms with Gasteiger partial charge in [0.25, 0.3) is 0 Å². The number of piperazine rings is 2. The van der Waals surface area contributed by atoms with Gasteiger partial charge in [-0.25, -0.2) is 4.98 Å². The molecular formula is C17H26ClN5O. The molecule has 132 valence electrons. The summed E-state index contributed by atoms with van der Waals surface area (Å²) in [6, 6.07) is 4.19. The zero-order chi connectivity index (χ0) is 17.1. The summed E-state index contributed by atoms with van der Waals surface area (Å²) in [6.07, 6.45) is 1.67. The van der Waals surface area contributed by atoms with E-state index in [1.165, 1.54) is 0 Å². The van der Waals surface area contributed by atoms with Crippen molar-refractivity contribution in [3.63, 3.8) is 0 Å². The number of carbonyl (C=O) groups is 1. The van der Waals surface area contributed by atoms with Crippen LogP contribution < -0.4 is 10.2 Å². The van der Waals surface area contributed by atoms with Gasteiger partial charge in [0, 0.05) is 58.1 Å². The first kappa shape index (κ1) is 17.5. The molecule has 1 amide bonds. The van der Waals surface area contributed by atoms with Gasteiger partial charge in [-0.05, 0) is 26.0 Å². The molecule has 0 aromatic carbocycles. The van der Waals surface area contributed by atoms with E-state index in [-0.39, 0.29) is 11.9 Å². The Labute approximate surface area is 148 Å². The van der Waals surface area contributed by atoms with Crippen molar-refractivity contribution in [1.29, 1.82) is 0 Å². The van der Waals surface area contributed by atoms with E-state index in [0.717, 1.165) is 51.6 Å². The number of hydrogen-bond donors (Lipinski definition) is 1. The van der Waals surface area contributed by atoms with Gasteiger partial charge in [-0.15, -0.1) is 0 Å². The fraction of sp³-hybridized carbons (Fsp3) is 0.647. The smallest absolute Gasteiger partial charge is 0.241 e. The van der Waals surface area contributed by atoms with E-state index in [1.54, 1.807) is 6.20 Å². The third kappa shape index (κ3) is 3.99. The molecular weight excluding hydrogens is 326 g/mol. The number of nitrogens with one attached hydrogen (secondary N) is 1. The fourth-order valence-corrected chi connectivity index (χ4v) is 3.45. The van der Waals surface area contributed by atoms with E-state index >= 15 is 0 Å². The zero-order valence-corrected chi connectivity index (χ0v) is 15.2. The number of hydrogen-bond acceptors (Lipinski definition) is 5. The van der Waals surface area contributed by atoms with Gasteiger partial charge in [-0.3, -0.25) is 9.69 Å². The average molecular weight is 352 g/mol. The number of carbonyl (C=O) groups excluding carboxylic acids is 1. The van der Waals surface area contributed by atoms with Crippen molar-refractivity contribution in [2.45, 2.75) is 25.9 Å². The lowest BCUT2D eigenvalue weighted by Crippen LogP contribution is -2.61. The van der Waals surface area contributed by atoms with Crippen molar-refractivity contribution in [2.24, 2.45) is 0 Å². The number of amides is 1. The molecule has 1 aromatic heterocycles. The van der Waals surface area contributed by atoms with Gasteiger partial charge in [0.05, 0.1) is 11.1 Å². The standard InChI is InChI=1S/C17H26ClN5O/c1-13(2)23-6-5-19-15(12-23)17(24)22-9-7-21(8-10-22)16-4-3-14(18)11-20-16/h3-4,11,13,15,19H,5-10,12H2,1-2H3/t15-/m1/s1. The van der Waals surface area contributed by atoms with E-state index in [4.69, 9.17) is 11.6 Å². The van der Waals surface area contributed by atoms with Crippen LogP contribution in [0, 0.1) is 0 Å². The number of aromatic nitrogens is 1. The van der Waals surface area contributed by atoms with Crippen LogP contribution in [0.2, 0.25) is 5.02 Å². The summed E-state index contributed by atoms with van der Waals surface area (Å²) in [7, 11) is 0. The molecule has 2 fully saturated rings. The third-order valence-corrected chi connectivity index (χ3v) is 5.09. The van der Waals surface area contributed by atoms with E-state index in [2.05, 4.69) is 33.9 Å². The van der Waals surface area contributed by atoms with Crippen LogP contribution in [0.5, 0.6) is 0 Å². The van der Waals surface area contributed by atoms with Gasteiger partial charge in [0.2, 0.25) is 5.91 Å². The lowest BCUT2D eigenvalue weighted by Gasteiger charge is -2.40. The maximum atomic E-state index is 12.8. The van der Waals surface area contributed by atoms with E-state index in [0.29, 0.717) is 11.1 Å². The first-order valence-corrected chi connectivity index (χ1v) is 9.05. The minimum Gasteiger partial charge on any atom is -0.353 e. The van der Waals surface area contributed by atoms with Gasteiger partial charge in [0.1, 0.15) is 5.82 Å². The maximum absolute atomic E-state index is 12.8. The summed E-state index contributed by atoms with van der Waals surface area (Å²) >= 11 is 5.89. The lowest BCUT2D eigenvalue weighted by molar-refractivity contribution is -0.135. The van der Waals surface area contributed by atoms with Crippen LogP contribution in [0.15, 0.2) is 18.3 Å². The van der Waals surface area contributed by atoms with Crippen LogP contribution in [0.1, 0.15) is 13.8 Å². The molecule has 1 N–H and O–H groups in total. The summed E-state index contributed by atoms with van der Waals surface area (Å²) in [5, 5.41) is 4.02. The summed E-state index contributed by atoms with van der Waals surface area (Å²) in [6.45, 7) is 10.2. The quantitative estimate of drug-likeness (QED) is 0.882. The molecule has 1 aromatic rings. The highest BCUT2D eigenvalue weighted by atomic mass is 35.5. The normalized spacial score (nSPS) is 22.9. The first-order valence-electron chi connectivity index (χ1n) is 8.67. The maximum Gasteiger partial charge on any atom is 0.241 e. The molecule has 0 aliphatic carbocycles. The van der Waals surface area contributed by atoms with Crippen molar-refractivity contribution in [3.05, 3.63) is 23.4 Å². The Bertz CT molecular complexity index is 557. The van der Waals surface area contributed by atoms with Gasteiger partial charge >= 0.3 is 0 Å². The van der Waals surface area contributed by atoms with Crippen molar-refractivity contribution in [3.8, 4) is 0 Å². The minimum atomic E-state index is -0.0821. The van der Waals surface area contributed by atoms with Crippen LogP contribution in [0.25, 0.3) is 0 Å². The summed E-state index contributed by atoms with van der Waals surface area (Å²) < 4.78 is 0. The zero-order valence-electron chi connectivity index (χ0n) is 14.4. The minimum absolute atomic E-state index is 0.0821. The summed E-state index contributed by atoms with van der Waals surface area (Å²) in [5.41, 5.74) is 0. The Balaban J connectivity index is 1.54. The highest BCUT2D eigenvalue weighted by Crippen LogP contribution is 2.17. The van der Waals surface area contributed by atoms with Crippen LogP contribution in [0.4, 0.5) is 5.82 Å². The van der Waals surface area contributed by atoms with Crippen molar-refractivity contribution < 1.29 is 4.79 Å². The second-order valence-corrected chi connectivity index (χ2v) is 7.18. The molecule has 2 aliphatic heterocycles. The lowest BCUT2D eigenvalue weighted by atomic mass is 10.1. The molecule has 0 spiro atoms. The second-order valence-electron chi connectivity index (χ2n) is 6.74. The molecule has 3 rings (SSSR count). The van der Waals surface area contributed by atoms with Crippen molar-refractivity contribution in [2.75, 3.05) is 50.7 Å². The Kier molecular flexibility index (Phi) is 5.58. The van der Waals surface area contributed by atoms with E-state index in [9.17, 15) is 4.79 Å².